The average Bonchev–Trinajstić information content (AvgIpc) is 2.77. The second-order valence-electron chi connectivity index (χ2n) is 7.24. The number of hydrogen-bond acceptors (Lipinski definition) is 4. The van der Waals surface area contributed by atoms with E-state index in [4.69, 9.17) is 14.5 Å². The number of nitrogens with zero attached hydrogens (tertiary/aromatic N) is 1. The molecular formula is C25H22BrFN2O2. The predicted octanol–water partition coefficient (Wildman–Crippen LogP) is 6.74. The van der Waals surface area contributed by atoms with Gasteiger partial charge in [0, 0.05) is 33.6 Å². The Bertz CT molecular complexity index is 1240. The zero-order valence-electron chi connectivity index (χ0n) is 17.5. The van der Waals surface area contributed by atoms with Crippen LogP contribution in [0.15, 0.2) is 65.1 Å². The van der Waals surface area contributed by atoms with Crippen LogP contribution in [-0.4, -0.2) is 19.2 Å². The fourth-order valence-electron chi connectivity index (χ4n) is 3.52. The van der Waals surface area contributed by atoms with Gasteiger partial charge in [-0.15, -0.1) is 0 Å². The highest BCUT2D eigenvalue weighted by Crippen LogP contribution is 2.35. The summed E-state index contributed by atoms with van der Waals surface area (Å²) in [5, 5.41) is 4.44. The lowest BCUT2D eigenvalue weighted by molar-refractivity contribution is 0.391. The van der Waals surface area contributed by atoms with Crippen molar-refractivity contribution in [3.05, 3.63) is 82.1 Å². The molecule has 1 aromatic heterocycles. The monoisotopic (exact) mass is 480 g/mol. The Morgan fingerprint density at radius 3 is 2.45 bits per heavy atom. The van der Waals surface area contributed by atoms with Gasteiger partial charge in [0.15, 0.2) is 0 Å². The van der Waals surface area contributed by atoms with Gasteiger partial charge in [0.2, 0.25) is 0 Å². The number of rotatable bonds is 6. The number of anilines is 1. The van der Waals surface area contributed by atoms with Crippen molar-refractivity contribution in [2.75, 3.05) is 19.5 Å². The van der Waals surface area contributed by atoms with E-state index in [1.54, 1.807) is 26.4 Å². The lowest BCUT2D eigenvalue weighted by Gasteiger charge is -2.16. The number of hydrogen-bond donors (Lipinski definition) is 1. The standard InChI is InChI=1S/C25H22BrFN2O2/c1-15-10-22(26)21-13-20(16-4-7-18(27)8-5-16)25(29-23(21)11-15)28-14-17-6-9-19(30-2)12-24(17)31-3/h4-13H,14H2,1-3H3,(H,28,29). The Hall–Kier alpha value is -3.12. The van der Waals surface area contributed by atoms with Gasteiger partial charge >= 0.3 is 0 Å². The Morgan fingerprint density at radius 2 is 1.74 bits per heavy atom. The largest absolute Gasteiger partial charge is 0.497 e. The number of halogens is 2. The van der Waals surface area contributed by atoms with Gasteiger partial charge < -0.3 is 14.8 Å². The molecule has 4 nitrogen and oxygen atoms in total. The molecule has 31 heavy (non-hydrogen) atoms. The summed E-state index contributed by atoms with van der Waals surface area (Å²) >= 11 is 3.65. The molecule has 0 saturated carbocycles. The number of aryl methyl sites for hydroxylation is 1. The third-order valence-electron chi connectivity index (χ3n) is 5.12. The topological polar surface area (TPSA) is 43.4 Å². The Balaban J connectivity index is 1.78. The molecule has 0 amide bonds. The van der Waals surface area contributed by atoms with Crippen LogP contribution in [0.1, 0.15) is 11.1 Å². The highest BCUT2D eigenvalue weighted by atomic mass is 79.9. The quantitative estimate of drug-likeness (QED) is 0.331. The first-order chi connectivity index (χ1) is 15.0. The van der Waals surface area contributed by atoms with Crippen molar-refractivity contribution in [2.45, 2.75) is 13.5 Å². The van der Waals surface area contributed by atoms with Crippen molar-refractivity contribution in [1.29, 1.82) is 0 Å². The lowest BCUT2D eigenvalue weighted by atomic mass is 10.0. The van der Waals surface area contributed by atoms with E-state index in [0.29, 0.717) is 6.54 Å². The van der Waals surface area contributed by atoms with E-state index in [1.165, 1.54) is 12.1 Å². The van der Waals surface area contributed by atoms with E-state index in [2.05, 4.69) is 33.4 Å². The summed E-state index contributed by atoms with van der Waals surface area (Å²) in [6, 6.07) is 18.3. The van der Waals surface area contributed by atoms with E-state index >= 15 is 0 Å². The number of aromatic nitrogens is 1. The van der Waals surface area contributed by atoms with Crippen molar-refractivity contribution in [3.8, 4) is 22.6 Å². The molecule has 0 bridgehead atoms. The summed E-state index contributed by atoms with van der Waals surface area (Å²) in [5.41, 5.74) is 4.74. The van der Waals surface area contributed by atoms with Gasteiger partial charge in [0.1, 0.15) is 23.1 Å². The summed E-state index contributed by atoms with van der Waals surface area (Å²) in [7, 11) is 3.26. The van der Waals surface area contributed by atoms with Crippen LogP contribution < -0.4 is 14.8 Å². The first-order valence-corrected chi connectivity index (χ1v) is 10.6. The molecule has 3 aromatic carbocycles. The van der Waals surface area contributed by atoms with Crippen LogP contribution in [0, 0.1) is 12.7 Å². The van der Waals surface area contributed by atoms with E-state index in [1.807, 2.05) is 31.2 Å². The van der Waals surface area contributed by atoms with Crippen LogP contribution in [0.4, 0.5) is 10.2 Å². The first-order valence-electron chi connectivity index (χ1n) is 9.80. The second-order valence-corrected chi connectivity index (χ2v) is 8.09. The van der Waals surface area contributed by atoms with Gasteiger partial charge in [-0.25, -0.2) is 9.37 Å². The summed E-state index contributed by atoms with van der Waals surface area (Å²) in [6.45, 7) is 2.54. The minimum atomic E-state index is -0.271. The van der Waals surface area contributed by atoms with E-state index < -0.39 is 0 Å². The van der Waals surface area contributed by atoms with Crippen molar-refractivity contribution in [3.63, 3.8) is 0 Å². The summed E-state index contributed by atoms with van der Waals surface area (Å²) in [5.74, 6) is 1.91. The van der Waals surface area contributed by atoms with Crippen LogP contribution in [0.25, 0.3) is 22.0 Å². The predicted molar refractivity (Wildman–Crippen MR) is 126 cm³/mol. The molecule has 4 rings (SSSR count). The summed E-state index contributed by atoms with van der Waals surface area (Å²) < 4.78 is 25.3. The summed E-state index contributed by atoms with van der Waals surface area (Å²) in [6.07, 6.45) is 0. The van der Waals surface area contributed by atoms with E-state index in [-0.39, 0.29) is 5.82 Å². The Kier molecular flexibility index (Phi) is 6.09. The van der Waals surface area contributed by atoms with Gasteiger partial charge in [-0.05, 0) is 60.5 Å². The van der Waals surface area contributed by atoms with Gasteiger partial charge in [0.05, 0.1) is 19.7 Å². The molecule has 1 heterocycles. The van der Waals surface area contributed by atoms with Crippen molar-refractivity contribution in [2.24, 2.45) is 0 Å². The molecule has 0 aliphatic rings. The van der Waals surface area contributed by atoms with Gasteiger partial charge in [-0.2, -0.15) is 0 Å². The molecule has 0 atom stereocenters. The zero-order chi connectivity index (χ0) is 22.0. The van der Waals surface area contributed by atoms with E-state index in [9.17, 15) is 4.39 Å². The first kappa shape index (κ1) is 21.1. The number of fused-ring (bicyclic) bond motifs is 1. The molecule has 158 valence electrons. The molecule has 4 aromatic rings. The molecule has 0 fully saturated rings. The SMILES string of the molecule is COc1ccc(CNc2nc3cc(C)cc(Br)c3cc2-c2ccc(F)cc2)c(OC)c1. The fourth-order valence-corrected chi connectivity index (χ4v) is 4.20. The van der Waals surface area contributed by atoms with Crippen LogP contribution in [0.3, 0.4) is 0 Å². The van der Waals surface area contributed by atoms with E-state index in [0.717, 1.165) is 54.9 Å². The second kappa shape index (κ2) is 8.94. The maximum atomic E-state index is 13.5. The molecule has 6 heteroatoms. The van der Waals surface area contributed by atoms with Crippen molar-refractivity contribution < 1.29 is 13.9 Å². The molecule has 0 aliphatic heterocycles. The maximum Gasteiger partial charge on any atom is 0.134 e. The highest BCUT2D eigenvalue weighted by molar-refractivity contribution is 9.10. The Morgan fingerprint density at radius 1 is 0.968 bits per heavy atom. The highest BCUT2D eigenvalue weighted by Gasteiger charge is 2.13. The number of pyridine rings is 1. The molecule has 0 spiro atoms. The molecule has 0 aliphatic carbocycles. The minimum absolute atomic E-state index is 0.271. The van der Waals surface area contributed by atoms with Crippen molar-refractivity contribution >= 4 is 32.7 Å². The van der Waals surface area contributed by atoms with Crippen LogP contribution in [0.2, 0.25) is 0 Å². The average molecular weight is 481 g/mol. The Labute approximate surface area is 189 Å². The van der Waals surface area contributed by atoms with Gasteiger partial charge in [-0.3, -0.25) is 0 Å². The van der Waals surface area contributed by atoms with Crippen molar-refractivity contribution in [1.82, 2.24) is 4.98 Å². The number of methoxy groups -OCH3 is 2. The molecule has 1 N–H and O–H groups in total. The normalized spacial score (nSPS) is 10.9. The van der Waals surface area contributed by atoms with Gasteiger partial charge in [0.25, 0.3) is 0 Å². The third kappa shape index (κ3) is 4.49. The van der Waals surface area contributed by atoms with Crippen LogP contribution >= 0.6 is 15.9 Å². The smallest absolute Gasteiger partial charge is 0.134 e. The van der Waals surface area contributed by atoms with Crippen LogP contribution in [0.5, 0.6) is 11.5 Å². The number of benzene rings is 3. The number of nitrogens with one attached hydrogen (secondary N) is 1. The van der Waals surface area contributed by atoms with Crippen LogP contribution in [-0.2, 0) is 6.54 Å². The molecule has 0 unspecified atom stereocenters. The van der Waals surface area contributed by atoms with Gasteiger partial charge in [-0.1, -0.05) is 28.1 Å². The minimum Gasteiger partial charge on any atom is -0.497 e. The molecule has 0 radical (unpaired) electrons. The summed E-state index contributed by atoms with van der Waals surface area (Å²) in [4.78, 5) is 4.90. The fraction of sp³-hybridized carbons (Fsp3) is 0.160. The zero-order valence-corrected chi connectivity index (χ0v) is 19.1. The third-order valence-corrected chi connectivity index (χ3v) is 5.78. The number of ether oxygens (including phenoxy) is 2. The lowest BCUT2D eigenvalue weighted by Crippen LogP contribution is -2.05. The maximum absolute atomic E-state index is 13.5. The molecule has 0 saturated heterocycles. The molecular weight excluding hydrogens is 459 g/mol.